The van der Waals surface area contributed by atoms with Crippen LogP contribution in [-0.4, -0.2) is 82.3 Å². The van der Waals surface area contributed by atoms with Crippen LogP contribution in [0.15, 0.2) is 0 Å². The third kappa shape index (κ3) is 4.36. The Morgan fingerprint density at radius 2 is 1.88 bits per heavy atom. The topological polar surface area (TPSA) is 154 Å². The molecule has 0 aromatic rings. The molecule has 2 fully saturated rings. The minimum atomic E-state index is -1.07. The molecule has 1 heterocycles. The highest BCUT2D eigenvalue weighted by molar-refractivity contribution is 5.73. The standard InChI is InChI=1S/C17H32N2O7/c1-7-4-10(5-20)16(15(24)13(7)19-9(3)22)26-17-12(18)14(23)8(2)11(6-21)25-17/h7-8,10-17,20-21,23-24H,4-6,18H2,1-3H3,(H,19,22). The summed E-state index contributed by atoms with van der Waals surface area (Å²) < 4.78 is 11.6. The molecule has 1 amide bonds. The Morgan fingerprint density at radius 3 is 2.42 bits per heavy atom. The van der Waals surface area contributed by atoms with Crippen molar-refractivity contribution < 1.29 is 34.7 Å². The van der Waals surface area contributed by atoms with Gasteiger partial charge < -0.3 is 41.0 Å². The zero-order chi connectivity index (χ0) is 19.6. The first-order valence-corrected chi connectivity index (χ1v) is 9.12. The van der Waals surface area contributed by atoms with Crippen molar-refractivity contribution in [3.05, 3.63) is 0 Å². The van der Waals surface area contributed by atoms with Gasteiger partial charge in [0.1, 0.15) is 6.10 Å². The van der Waals surface area contributed by atoms with Crippen LogP contribution in [-0.2, 0) is 14.3 Å². The molecule has 2 rings (SSSR count). The van der Waals surface area contributed by atoms with Crippen LogP contribution in [0.2, 0.25) is 0 Å². The minimum absolute atomic E-state index is 0.0531. The molecule has 0 spiro atoms. The summed E-state index contributed by atoms with van der Waals surface area (Å²) in [6.45, 7) is 4.48. The fourth-order valence-corrected chi connectivity index (χ4v) is 4.02. The molecule has 152 valence electrons. The van der Waals surface area contributed by atoms with E-state index in [2.05, 4.69) is 5.32 Å². The first kappa shape index (κ1) is 21.5. The molecule has 2 aliphatic rings. The van der Waals surface area contributed by atoms with E-state index in [1.165, 1.54) is 6.92 Å². The Morgan fingerprint density at radius 1 is 1.23 bits per heavy atom. The Kier molecular flexibility index (Phi) is 7.37. The van der Waals surface area contributed by atoms with Crippen LogP contribution in [0.25, 0.3) is 0 Å². The number of aliphatic hydroxyl groups is 4. The lowest BCUT2D eigenvalue weighted by Crippen LogP contribution is -2.64. The van der Waals surface area contributed by atoms with Crippen molar-refractivity contribution in [2.75, 3.05) is 13.2 Å². The summed E-state index contributed by atoms with van der Waals surface area (Å²) in [5, 5.41) is 42.9. The van der Waals surface area contributed by atoms with Gasteiger partial charge in [-0.1, -0.05) is 13.8 Å². The lowest BCUT2D eigenvalue weighted by molar-refractivity contribution is -0.287. The van der Waals surface area contributed by atoms with Crippen LogP contribution in [0.4, 0.5) is 0 Å². The SMILES string of the molecule is CC(=O)NC1C(C)CC(CO)C(OC2OC(CO)C(C)C(O)C2N)C1O. The van der Waals surface area contributed by atoms with Crippen molar-refractivity contribution in [2.45, 2.75) is 70.0 Å². The third-order valence-corrected chi connectivity index (χ3v) is 5.68. The van der Waals surface area contributed by atoms with Gasteiger partial charge in [0.15, 0.2) is 6.29 Å². The van der Waals surface area contributed by atoms with Gasteiger partial charge in [0.2, 0.25) is 5.91 Å². The number of ether oxygens (including phenoxy) is 2. The van der Waals surface area contributed by atoms with Crippen molar-refractivity contribution in [3.63, 3.8) is 0 Å². The van der Waals surface area contributed by atoms with E-state index in [1.807, 2.05) is 6.92 Å². The molecular weight excluding hydrogens is 344 g/mol. The molecule has 9 nitrogen and oxygen atoms in total. The number of nitrogens with two attached hydrogens (primary N) is 1. The fourth-order valence-electron chi connectivity index (χ4n) is 4.02. The molecule has 9 heteroatoms. The van der Waals surface area contributed by atoms with E-state index in [9.17, 15) is 25.2 Å². The average Bonchev–Trinajstić information content (AvgIpc) is 2.60. The Balaban J connectivity index is 2.16. The maximum absolute atomic E-state index is 11.4. The van der Waals surface area contributed by atoms with E-state index < -0.39 is 42.8 Å². The first-order valence-electron chi connectivity index (χ1n) is 9.12. The van der Waals surface area contributed by atoms with Crippen LogP contribution < -0.4 is 11.1 Å². The highest BCUT2D eigenvalue weighted by atomic mass is 16.7. The molecular formula is C17H32N2O7. The molecule has 1 aliphatic carbocycles. The summed E-state index contributed by atoms with van der Waals surface area (Å²) >= 11 is 0. The van der Waals surface area contributed by atoms with Crippen molar-refractivity contribution in [1.82, 2.24) is 5.32 Å². The van der Waals surface area contributed by atoms with Crippen LogP contribution >= 0.6 is 0 Å². The number of amides is 1. The molecule has 1 aliphatic heterocycles. The second kappa shape index (κ2) is 8.92. The summed E-state index contributed by atoms with van der Waals surface area (Å²) in [4.78, 5) is 11.4. The molecule has 10 unspecified atom stereocenters. The fraction of sp³-hybridized carbons (Fsp3) is 0.941. The molecule has 26 heavy (non-hydrogen) atoms. The van der Waals surface area contributed by atoms with Crippen molar-refractivity contribution in [3.8, 4) is 0 Å². The third-order valence-electron chi connectivity index (χ3n) is 5.68. The van der Waals surface area contributed by atoms with E-state index in [4.69, 9.17) is 15.2 Å². The minimum Gasteiger partial charge on any atom is -0.396 e. The van der Waals surface area contributed by atoms with Crippen LogP contribution in [0.3, 0.4) is 0 Å². The first-order chi connectivity index (χ1) is 12.2. The average molecular weight is 376 g/mol. The maximum atomic E-state index is 11.4. The largest absolute Gasteiger partial charge is 0.396 e. The summed E-state index contributed by atoms with van der Waals surface area (Å²) in [6.07, 6.45) is -3.99. The normalized spacial score (nSPS) is 46.8. The molecule has 1 saturated carbocycles. The molecule has 1 saturated heterocycles. The maximum Gasteiger partial charge on any atom is 0.217 e. The van der Waals surface area contributed by atoms with Gasteiger partial charge in [-0.25, -0.2) is 0 Å². The number of carbonyl (C=O) groups is 1. The molecule has 7 N–H and O–H groups in total. The van der Waals surface area contributed by atoms with E-state index in [0.717, 1.165) is 0 Å². The Hall–Kier alpha value is -0.810. The van der Waals surface area contributed by atoms with Gasteiger partial charge in [-0.2, -0.15) is 0 Å². The molecule has 0 bridgehead atoms. The number of hydrogen-bond donors (Lipinski definition) is 6. The van der Waals surface area contributed by atoms with Gasteiger partial charge in [-0.3, -0.25) is 4.79 Å². The monoisotopic (exact) mass is 376 g/mol. The molecule has 0 aromatic heterocycles. The van der Waals surface area contributed by atoms with E-state index in [0.29, 0.717) is 6.42 Å². The number of carbonyl (C=O) groups excluding carboxylic acids is 1. The molecule has 0 radical (unpaired) electrons. The van der Waals surface area contributed by atoms with Crippen LogP contribution in [0, 0.1) is 17.8 Å². The van der Waals surface area contributed by atoms with Crippen molar-refractivity contribution in [1.29, 1.82) is 0 Å². The van der Waals surface area contributed by atoms with Gasteiger partial charge in [0.05, 0.1) is 37.0 Å². The summed E-state index contributed by atoms with van der Waals surface area (Å²) in [5.41, 5.74) is 6.03. The number of rotatable bonds is 5. The predicted molar refractivity (Wildman–Crippen MR) is 91.7 cm³/mol. The Bertz CT molecular complexity index is 478. The van der Waals surface area contributed by atoms with E-state index >= 15 is 0 Å². The smallest absolute Gasteiger partial charge is 0.217 e. The van der Waals surface area contributed by atoms with Crippen molar-refractivity contribution in [2.24, 2.45) is 23.5 Å². The number of aliphatic hydroxyl groups excluding tert-OH is 4. The van der Waals surface area contributed by atoms with Crippen molar-refractivity contribution >= 4 is 5.91 Å². The lowest BCUT2D eigenvalue weighted by Gasteiger charge is -2.47. The second-order valence-corrected chi connectivity index (χ2v) is 7.63. The number of nitrogens with one attached hydrogen (secondary N) is 1. The van der Waals surface area contributed by atoms with Gasteiger partial charge in [-0.15, -0.1) is 0 Å². The summed E-state index contributed by atoms with van der Waals surface area (Å²) in [7, 11) is 0. The summed E-state index contributed by atoms with van der Waals surface area (Å²) in [5.74, 6) is -1.06. The van der Waals surface area contributed by atoms with Gasteiger partial charge in [0, 0.05) is 25.4 Å². The predicted octanol–water partition coefficient (Wildman–Crippen LogP) is -2.07. The lowest BCUT2D eigenvalue weighted by atomic mass is 9.75. The Labute approximate surface area is 153 Å². The van der Waals surface area contributed by atoms with E-state index in [1.54, 1.807) is 6.92 Å². The van der Waals surface area contributed by atoms with E-state index in [-0.39, 0.29) is 36.9 Å². The molecule has 0 aromatic carbocycles. The van der Waals surface area contributed by atoms with Gasteiger partial charge in [0.25, 0.3) is 0 Å². The van der Waals surface area contributed by atoms with Crippen LogP contribution in [0.5, 0.6) is 0 Å². The summed E-state index contributed by atoms with van der Waals surface area (Å²) in [6, 6.07) is -1.39. The number of hydrogen-bond acceptors (Lipinski definition) is 8. The van der Waals surface area contributed by atoms with Gasteiger partial charge in [-0.05, 0) is 12.3 Å². The zero-order valence-corrected chi connectivity index (χ0v) is 15.5. The highest BCUT2D eigenvalue weighted by Crippen LogP contribution is 2.34. The second-order valence-electron chi connectivity index (χ2n) is 7.63. The van der Waals surface area contributed by atoms with Crippen LogP contribution in [0.1, 0.15) is 27.2 Å². The zero-order valence-electron chi connectivity index (χ0n) is 15.5. The molecule has 10 atom stereocenters. The van der Waals surface area contributed by atoms with Gasteiger partial charge >= 0.3 is 0 Å². The quantitative estimate of drug-likeness (QED) is 0.320. The highest BCUT2D eigenvalue weighted by Gasteiger charge is 2.48.